The van der Waals surface area contributed by atoms with E-state index in [-0.39, 0.29) is 17.8 Å². The van der Waals surface area contributed by atoms with E-state index in [0.717, 1.165) is 18.7 Å². The Morgan fingerprint density at radius 3 is 2.74 bits per heavy atom. The summed E-state index contributed by atoms with van der Waals surface area (Å²) in [5.74, 6) is -0.398. The SMILES string of the molecule is O=C(CN1CCC(O)CC1)Nc1nc(-c2ccc(F)cc2)cs1. The van der Waals surface area contributed by atoms with Gasteiger partial charge in [-0.2, -0.15) is 0 Å². The van der Waals surface area contributed by atoms with Crippen molar-refractivity contribution in [1.29, 1.82) is 0 Å². The molecule has 1 aliphatic heterocycles. The van der Waals surface area contributed by atoms with Crippen LogP contribution in [-0.4, -0.2) is 46.6 Å². The number of likely N-dealkylation sites (tertiary alicyclic amines) is 1. The van der Waals surface area contributed by atoms with Gasteiger partial charge in [-0.3, -0.25) is 9.69 Å². The van der Waals surface area contributed by atoms with E-state index in [4.69, 9.17) is 0 Å². The Hall–Kier alpha value is -1.83. The Bertz CT molecular complexity index is 666. The van der Waals surface area contributed by atoms with Gasteiger partial charge in [0, 0.05) is 24.0 Å². The first-order valence-electron chi connectivity index (χ1n) is 7.52. The van der Waals surface area contributed by atoms with E-state index < -0.39 is 0 Å². The maximum atomic E-state index is 12.9. The number of benzene rings is 1. The third kappa shape index (κ3) is 4.34. The molecule has 23 heavy (non-hydrogen) atoms. The minimum atomic E-state index is -0.288. The van der Waals surface area contributed by atoms with Gasteiger partial charge in [-0.25, -0.2) is 9.37 Å². The summed E-state index contributed by atoms with van der Waals surface area (Å²) in [5, 5.41) is 14.6. The van der Waals surface area contributed by atoms with Crippen LogP contribution in [0, 0.1) is 5.82 Å². The Kier molecular flexibility index (Phi) is 5.00. The van der Waals surface area contributed by atoms with E-state index in [1.807, 2.05) is 10.3 Å². The monoisotopic (exact) mass is 335 g/mol. The highest BCUT2D eigenvalue weighted by molar-refractivity contribution is 7.14. The van der Waals surface area contributed by atoms with Crippen LogP contribution in [0.2, 0.25) is 0 Å². The number of nitrogens with one attached hydrogen (secondary N) is 1. The molecule has 0 saturated carbocycles. The number of carbonyl (C=O) groups is 1. The largest absolute Gasteiger partial charge is 0.393 e. The first-order valence-corrected chi connectivity index (χ1v) is 8.40. The number of hydrogen-bond acceptors (Lipinski definition) is 5. The molecule has 1 amide bonds. The number of thiazole rings is 1. The summed E-state index contributed by atoms with van der Waals surface area (Å²) >= 11 is 1.34. The second kappa shape index (κ2) is 7.16. The van der Waals surface area contributed by atoms with Crippen LogP contribution < -0.4 is 5.32 Å². The molecule has 2 N–H and O–H groups in total. The minimum absolute atomic E-state index is 0.110. The highest BCUT2D eigenvalue weighted by atomic mass is 32.1. The summed E-state index contributed by atoms with van der Waals surface area (Å²) in [6, 6.07) is 6.10. The third-order valence-corrected chi connectivity index (χ3v) is 4.57. The fourth-order valence-electron chi connectivity index (χ4n) is 2.52. The van der Waals surface area contributed by atoms with Crippen LogP contribution in [0.25, 0.3) is 11.3 Å². The summed E-state index contributed by atoms with van der Waals surface area (Å²) in [4.78, 5) is 18.4. The van der Waals surface area contributed by atoms with Crippen LogP contribution in [0.15, 0.2) is 29.6 Å². The first kappa shape index (κ1) is 16.0. The van der Waals surface area contributed by atoms with Crippen molar-refractivity contribution >= 4 is 22.4 Å². The molecule has 3 rings (SSSR count). The standard InChI is InChI=1S/C16H18FN3O2S/c17-12-3-1-11(2-4-12)14-10-23-16(18-14)19-15(22)9-20-7-5-13(21)6-8-20/h1-4,10,13,21H,5-9H2,(H,18,19,22). The average Bonchev–Trinajstić information content (AvgIpc) is 2.98. The average molecular weight is 335 g/mol. The maximum Gasteiger partial charge on any atom is 0.240 e. The fourth-order valence-corrected chi connectivity index (χ4v) is 3.26. The fraction of sp³-hybridized carbons (Fsp3) is 0.375. The van der Waals surface area contributed by atoms with Crippen molar-refractivity contribution in [3.05, 3.63) is 35.5 Å². The van der Waals surface area contributed by atoms with Gasteiger partial charge in [0.15, 0.2) is 5.13 Å². The molecule has 5 nitrogen and oxygen atoms in total. The highest BCUT2D eigenvalue weighted by Crippen LogP contribution is 2.25. The number of anilines is 1. The molecule has 2 heterocycles. The topological polar surface area (TPSA) is 65.5 Å². The number of piperidine rings is 1. The molecule has 0 atom stereocenters. The quantitative estimate of drug-likeness (QED) is 0.900. The zero-order chi connectivity index (χ0) is 16.2. The normalized spacial score (nSPS) is 16.4. The lowest BCUT2D eigenvalue weighted by molar-refractivity contribution is -0.117. The summed E-state index contributed by atoms with van der Waals surface area (Å²) in [6.45, 7) is 1.76. The maximum absolute atomic E-state index is 12.9. The number of aliphatic hydroxyl groups excluding tert-OH is 1. The molecule has 0 aliphatic carbocycles. The molecule has 0 spiro atoms. The lowest BCUT2D eigenvalue weighted by Gasteiger charge is -2.28. The van der Waals surface area contributed by atoms with Crippen LogP contribution >= 0.6 is 11.3 Å². The van der Waals surface area contributed by atoms with Gasteiger partial charge >= 0.3 is 0 Å². The highest BCUT2D eigenvalue weighted by Gasteiger charge is 2.19. The Morgan fingerprint density at radius 1 is 1.35 bits per heavy atom. The molecular weight excluding hydrogens is 317 g/mol. The van der Waals surface area contributed by atoms with Gasteiger partial charge in [0.25, 0.3) is 0 Å². The van der Waals surface area contributed by atoms with Crippen molar-refractivity contribution in [2.75, 3.05) is 25.0 Å². The summed E-state index contributed by atoms with van der Waals surface area (Å²) in [5.41, 5.74) is 1.53. The number of aromatic nitrogens is 1. The van der Waals surface area contributed by atoms with Gasteiger partial charge in [-0.05, 0) is 37.1 Å². The molecule has 2 aromatic rings. The van der Waals surface area contributed by atoms with E-state index in [1.54, 1.807) is 12.1 Å². The zero-order valence-corrected chi connectivity index (χ0v) is 13.4. The van der Waals surface area contributed by atoms with Gasteiger partial charge in [0.2, 0.25) is 5.91 Å². The van der Waals surface area contributed by atoms with E-state index in [9.17, 15) is 14.3 Å². The lowest BCUT2D eigenvalue weighted by Crippen LogP contribution is -2.40. The number of amides is 1. The van der Waals surface area contributed by atoms with E-state index >= 15 is 0 Å². The molecule has 1 aliphatic rings. The number of carbonyl (C=O) groups excluding carboxylic acids is 1. The molecular formula is C16H18FN3O2S. The number of halogens is 1. The predicted molar refractivity (Wildman–Crippen MR) is 87.8 cm³/mol. The predicted octanol–water partition coefficient (Wildman–Crippen LogP) is 2.34. The van der Waals surface area contributed by atoms with Crippen molar-refractivity contribution in [3.63, 3.8) is 0 Å². The molecule has 1 aromatic carbocycles. The molecule has 1 aromatic heterocycles. The second-order valence-corrected chi connectivity index (χ2v) is 6.46. The second-order valence-electron chi connectivity index (χ2n) is 5.60. The molecule has 0 bridgehead atoms. The van der Waals surface area contributed by atoms with Crippen LogP contribution in [-0.2, 0) is 4.79 Å². The number of hydrogen-bond donors (Lipinski definition) is 2. The molecule has 1 saturated heterocycles. The number of rotatable bonds is 4. The molecule has 7 heteroatoms. The summed E-state index contributed by atoms with van der Waals surface area (Å²) < 4.78 is 12.9. The third-order valence-electron chi connectivity index (χ3n) is 3.81. The molecule has 122 valence electrons. The number of aliphatic hydroxyl groups is 1. The van der Waals surface area contributed by atoms with E-state index in [0.29, 0.717) is 30.2 Å². The van der Waals surface area contributed by atoms with Crippen molar-refractivity contribution in [3.8, 4) is 11.3 Å². The summed E-state index contributed by atoms with van der Waals surface area (Å²) in [6.07, 6.45) is 1.17. The van der Waals surface area contributed by atoms with Gasteiger partial charge in [-0.15, -0.1) is 11.3 Å². The lowest BCUT2D eigenvalue weighted by atomic mass is 10.1. The van der Waals surface area contributed by atoms with E-state index in [1.165, 1.54) is 23.5 Å². The van der Waals surface area contributed by atoms with Crippen molar-refractivity contribution in [2.24, 2.45) is 0 Å². The summed E-state index contributed by atoms with van der Waals surface area (Å²) in [7, 11) is 0. The van der Waals surface area contributed by atoms with Crippen LogP contribution in [0.1, 0.15) is 12.8 Å². The van der Waals surface area contributed by atoms with Crippen molar-refractivity contribution < 1.29 is 14.3 Å². The molecule has 0 unspecified atom stereocenters. The van der Waals surface area contributed by atoms with Crippen molar-refractivity contribution in [1.82, 2.24) is 9.88 Å². The van der Waals surface area contributed by atoms with Crippen LogP contribution in [0.3, 0.4) is 0 Å². The van der Waals surface area contributed by atoms with Crippen molar-refractivity contribution in [2.45, 2.75) is 18.9 Å². The van der Waals surface area contributed by atoms with Crippen LogP contribution in [0.4, 0.5) is 9.52 Å². The van der Waals surface area contributed by atoms with Gasteiger partial charge in [0.05, 0.1) is 18.3 Å². The Labute approximate surface area is 137 Å². The molecule has 0 radical (unpaired) electrons. The zero-order valence-electron chi connectivity index (χ0n) is 12.5. The number of nitrogens with zero attached hydrogens (tertiary/aromatic N) is 2. The van der Waals surface area contributed by atoms with Crippen LogP contribution in [0.5, 0.6) is 0 Å². The smallest absolute Gasteiger partial charge is 0.240 e. The van der Waals surface area contributed by atoms with Gasteiger partial charge < -0.3 is 10.4 Å². The Morgan fingerprint density at radius 2 is 2.04 bits per heavy atom. The van der Waals surface area contributed by atoms with Gasteiger partial charge in [0.1, 0.15) is 5.82 Å². The van der Waals surface area contributed by atoms with Gasteiger partial charge in [-0.1, -0.05) is 0 Å². The molecule has 1 fully saturated rings. The van der Waals surface area contributed by atoms with E-state index in [2.05, 4.69) is 10.3 Å². The first-order chi connectivity index (χ1) is 11.1. The minimum Gasteiger partial charge on any atom is -0.393 e. The Balaban J connectivity index is 1.56.